The highest BCUT2D eigenvalue weighted by molar-refractivity contribution is 5.90. The van der Waals surface area contributed by atoms with E-state index in [-0.39, 0.29) is 11.7 Å². The molecule has 0 saturated heterocycles. The van der Waals surface area contributed by atoms with Crippen molar-refractivity contribution in [3.8, 4) is 0 Å². The average Bonchev–Trinajstić information content (AvgIpc) is 2.47. The molecule has 2 amide bonds. The van der Waals surface area contributed by atoms with Crippen molar-refractivity contribution in [2.45, 2.75) is 6.54 Å². The first-order valence-corrected chi connectivity index (χ1v) is 5.93. The highest BCUT2D eigenvalue weighted by Crippen LogP contribution is 2.06. The van der Waals surface area contributed by atoms with E-state index in [4.69, 9.17) is 5.11 Å². The third kappa shape index (κ3) is 3.81. The van der Waals surface area contributed by atoms with Gasteiger partial charge in [0.1, 0.15) is 5.69 Å². The van der Waals surface area contributed by atoms with Crippen molar-refractivity contribution in [2.24, 2.45) is 0 Å². The van der Waals surface area contributed by atoms with Gasteiger partial charge in [-0.3, -0.25) is 0 Å². The number of carboxylic acid groups (broad SMARTS) is 1. The molecule has 1 heterocycles. The van der Waals surface area contributed by atoms with Gasteiger partial charge in [0.15, 0.2) is 0 Å². The fourth-order valence-corrected chi connectivity index (χ4v) is 1.55. The van der Waals surface area contributed by atoms with Crippen molar-refractivity contribution in [1.82, 2.24) is 10.3 Å². The summed E-state index contributed by atoms with van der Waals surface area (Å²) in [5.74, 6) is -1.11. The number of rotatable bonds is 4. The van der Waals surface area contributed by atoms with Crippen LogP contribution in [0.1, 0.15) is 16.1 Å². The van der Waals surface area contributed by atoms with E-state index in [0.717, 1.165) is 5.56 Å². The van der Waals surface area contributed by atoms with Crippen LogP contribution in [0.25, 0.3) is 0 Å². The summed E-state index contributed by atoms with van der Waals surface area (Å²) < 4.78 is 0. The van der Waals surface area contributed by atoms with E-state index < -0.39 is 5.97 Å². The van der Waals surface area contributed by atoms with Crippen LogP contribution in [0.5, 0.6) is 0 Å². The van der Waals surface area contributed by atoms with Gasteiger partial charge >= 0.3 is 12.0 Å². The molecule has 0 fully saturated rings. The molecule has 102 valence electrons. The zero-order chi connectivity index (χ0) is 14.4. The average molecular weight is 271 g/mol. The van der Waals surface area contributed by atoms with Crippen LogP contribution >= 0.6 is 0 Å². The summed E-state index contributed by atoms with van der Waals surface area (Å²) in [6.45, 7) is 0.410. The van der Waals surface area contributed by atoms with Gasteiger partial charge in [-0.2, -0.15) is 0 Å². The van der Waals surface area contributed by atoms with Crippen LogP contribution < -0.4 is 10.6 Å². The van der Waals surface area contributed by atoms with Crippen LogP contribution in [-0.4, -0.2) is 22.1 Å². The molecule has 6 nitrogen and oxygen atoms in total. The first-order chi connectivity index (χ1) is 9.65. The maximum atomic E-state index is 11.6. The standard InChI is InChI=1S/C14H13N3O3/c18-13(19)12-7-6-11(9-15-12)17-14(20)16-8-10-4-2-1-3-5-10/h1-7,9H,8H2,(H,18,19)(H2,16,17,20). The van der Waals surface area contributed by atoms with Crippen molar-refractivity contribution in [3.05, 3.63) is 59.9 Å². The maximum absolute atomic E-state index is 11.6. The summed E-state index contributed by atoms with van der Waals surface area (Å²) >= 11 is 0. The molecule has 0 bridgehead atoms. The fraction of sp³-hybridized carbons (Fsp3) is 0.0714. The minimum Gasteiger partial charge on any atom is -0.477 e. The molecule has 0 aliphatic rings. The molecule has 6 heteroatoms. The van der Waals surface area contributed by atoms with Gasteiger partial charge in [-0.15, -0.1) is 0 Å². The van der Waals surface area contributed by atoms with Gasteiger partial charge in [0.2, 0.25) is 0 Å². The molecule has 20 heavy (non-hydrogen) atoms. The Kier molecular flexibility index (Phi) is 4.28. The summed E-state index contributed by atoms with van der Waals surface area (Å²) in [6.07, 6.45) is 1.30. The minimum absolute atomic E-state index is 0.0692. The van der Waals surface area contributed by atoms with Crippen molar-refractivity contribution in [3.63, 3.8) is 0 Å². The Morgan fingerprint density at radius 2 is 1.85 bits per heavy atom. The molecule has 1 aromatic carbocycles. The Bertz CT molecular complexity index is 597. The Morgan fingerprint density at radius 3 is 2.45 bits per heavy atom. The van der Waals surface area contributed by atoms with Crippen molar-refractivity contribution in [1.29, 1.82) is 0 Å². The SMILES string of the molecule is O=C(NCc1ccccc1)Nc1ccc(C(=O)O)nc1. The lowest BCUT2D eigenvalue weighted by Gasteiger charge is -2.07. The lowest BCUT2D eigenvalue weighted by molar-refractivity contribution is 0.0690. The molecule has 0 radical (unpaired) electrons. The van der Waals surface area contributed by atoms with E-state index in [2.05, 4.69) is 15.6 Å². The van der Waals surface area contributed by atoms with Gasteiger partial charge in [-0.1, -0.05) is 30.3 Å². The minimum atomic E-state index is -1.11. The number of amides is 2. The van der Waals surface area contributed by atoms with E-state index in [1.807, 2.05) is 30.3 Å². The highest BCUT2D eigenvalue weighted by atomic mass is 16.4. The molecule has 0 aliphatic heterocycles. The zero-order valence-corrected chi connectivity index (χ0v) is 10.5. The predicted molar refractivity (Wildman–Crippen MR) is 73.5 cm³/mol. The summed E-state index contributed by atoms with van der Waals surface area (Å²) in [7, 11) is 0. The van der Waals surface area contributed by atoms with Gasteiger partial charge in [-0.25, -0.2) is 14.6 Å². The number of pyridine rings is 1. The lowest BCUT2D eigenvalue weighted by Crippen LogP contribution is -2.28. The smallest absolute Gasteiger partial charge is 0.354 e. The Hall–Kier alpha value is -2.89. The number of anilines is 1. The second-order valence-corrected chi connectivity index (χ2v) is 4.03. The number of nitrogens with zero attached hydrogens (tertiary/aromatic N) is 1. The first-order valence-electron chi connectivity index (χ1n) is 5.93. The Balaban J connectivity index is 1.86. The number of aromatic carboxylic acids is 1. The van der Waals surface area contributed by atoms with E-state index in [9.17, 15) is 9.59 Å². The number of carbonyl (C=O) groups excluding carboxylic acids is 1. The summed E-state index contributed by atoms with van der Waals surface area (Å²) in [4.78, 5) is 26.0. The second-order valence-electron chi connectivity index (χ2n) is 4.03. The van der Waals surface area contributed by atoms with Crippen LogP contribution in [0.2, 0.25) is 0 Å². The third-order valence-electron chi connectivity index (χ3n) is 2.54. The number of urea groups is 1. The molecule has 0 spiro atoms. The van der Waals surface area contributed by atoms with Crippen LogP contribution in [0.15, 0.2) is 48.7 Å². The van der Waals surface area contributed by atoms with Crippen LogP contribution in [-0.2, 0) is 6.54 Å². The summed E-state index contributed by atoms with van der Waals surface area (Å²) in [5.41, 5.74) is 1.35. The van der Waals surface area contributed by atoms with Crippen LogP contribution in [0.4, 0.5) is 10.5 Å². The molecular weight excluding hydrogens is 258 g/mol. The fourth-order valence-electron chi connectivity index (χ4n) is 1.55. The van der Waals surface area contributed by atoms with Crippen LogP contribution in [0, 0.1) is 0 Å². The van der Waals surface area contributed by atoms with Gasteiger partial charge in [0.05, 0.1) is 11.9 Å². The van der Waals surface area contributed by atoms with Gasteiger partial charge < -0.3 is 15.7 Å². The zero-order valence-electron chi connectivity index (χ0n) is 10.5. The number of hydrogen-bond donors (Lipinski definition) is 3. The van der Waals surface area contributed by atoms with Crippen molar-refractivity contribution < 1.29 is 14.7 Å². The predicted octanol–water partition coefficient (Wildman–Crippen LogP) is 2.10. The molecule has 0 unspecified atom stereocenters. The van der Waals surface area contributed by atoms with Gasteiger partial charge in [-0.05, 0) is 17.7 Å². The van der Waals surface area contributed by atoms with Crippen LogP contribution in [0.3, 0.4) is 0 Å². The van der Waals surface area contributed by atoms with Gasteiger partial charge in [0.25, 0.3) is 0 Å². The van der Waals surface area contributed by atoms with E-state index >= 15 is 0 Å². The molecule has 0 atom stereocenters. The third-order valence-corrected chi connectivity index (χ3v) is 2.54. The van der Waals surface area contributed by atoms with Crippen molar-refractivity contribution >= 4 is 17.7 Å². The maximum Gasteiger partial charge on any atom is 0.354 e. The summed E-state index contributed by atoms with van der Waals surface area (Å²) in [5, 5.41) is 14.0. The molecule has 2 aromatic rings. The number of nitrogens with one attached hydrogen (secondary N) is 2. The topological polar surface area (TPSA) is 91.3 Å². The largest absolute Gasteiger partial charge is 0.477 e. The molecule has 0 aliphatic carbocycles. The lowest BCUT2D eigenvalue weighted by atomic mass is 10.2. The normalized spacial score (nSPS) is 9.80. The number of carboxylic acids is 1. The van der Waals surface area contributed by atoms with E-state index in [1.165, 1.54) is 18.3 Å². The Labute approximate surface area is 115 Å². The second kappa shape index (κ2) is 6.33. The van der Waals surface area contributed by atoms with Gasteiger partial charge in [0, 0.05) is 6.54 Å². The van der Waals surface area contributed by atoms with Crippen molar-refractivity contribution in [2.75, 3.05) is 5.32 Å². The molecular formula is C14H13N3O3. The summed E-state index contributed by atoms with van der Waals surface area (Å²) in [6, 6.07) is 11.9. The number of carbonyl (C=O) groups is 2. The monoisotopic (exact) mass is 271 g/mol. The molecule has 0 saturated carbocycles. The number of aromatic nitrogens is 1. The molecule has 3 N–H and O–H groups in total. The molecule has 2 rings (SSSR count). The quantitative estimate of drug-likeness (QED) is 0.794. The van der Waals surface area contributed by atoms with E-state index in [1.54, 1.807) is 0 Å². The highest BCUT2D eigenvalue weighted by Gasteiger charge is 2.05. The van der Waals surface area contributed by atoms with E-state index in [0.29, 0.717) is 12.2 Å². The first kappa shape index (κ1) is 13.5. The Morgan fingerprint density at radius 1 is 1.10 bits per heavy atom. The number of hydrogen-bond acceptors (Lipinski definition) is 3. The number of benzene rings is 1. The molecule has 1 aromatic heterocycles.